The van der Waals surface area contributed by atoms with E-state index in [-0.39, 0.29) is 12.4 Å². The Bertz CT molecular complexity index is 1010. The molecule has 0 spiro atoms. The predicted octanol–water partition coefficient (Wildman–Crippen LogP) is 5.85. The number of ketones is 1. The summed E-state index contributed by atoms with van der Waals surface area (Å²) in [6.45, 7) is 3.75. The van der Waals surface area contributed by atoms with Gasteiger partial charge < -0.3 is 10.1 Å². The van der Waals surface area contributed by atoms with Gasteiger partial charge in [0.15, 0.2) is 12.4 Å². The number of hydrogen-bond acceptors (Lipinski definition) is 4. The first-order valence-corrected chi connectivity index (χ1v) is 9.63. The maximum atomic E-state index is 12.6. The van der Waals surface area contributed by atoms with E-state index in [4.69, 9.17) is 4.74 Å². The lowest BCUT2D eigenvalue weighted by Gasteiger charge is -2.14. The standard InChI is InChI=1S/C23H20BrNO3/c1-15-6-5-9-20(16(15)2)25-21-8-4-3-7-19(21)23(27)28-14-22(26)17-10-12-18(24)13-11-17/h3-13,25H,14H2,1-2H3. The van der Waals surface area contributed by atoms with Crippen molar-refractivity contribution in [3.63, 3.8) is 0 Å². The Morgan fingerprint density at radius 2 is 1.57 bits per heavy atom. The average molecular weight is 438 g/mol. The highest BCUT2D eigenvalue weighted by atomic mass is 79.9. The van der Waals surface area contributed by atoms with Crippen LogP contribution in [0, 0.1) is 13.8 Å². The number of esters is 1. The number of nitrogens with one attached hydrogen (secondary N) is 1. The summed E-state index contributed by atoms with van der Waals surface area (Å²) in [4.78, 5) is 24.8. The number of halogens is 1. The van der Waals surface area contributed by atoms with E-state index >= 15 is 0 Å². The van der Waals surface area contributed by atoms with Crippen LogP contribution in [-0.2, 0) is 4.74 Å². The van der Waals surface area contributed by atoms with E-state index in [0.29, 0.717) is 16.8 Å². The van der Waals surface area contributed by atoms with E-state index < -0.39 is 5.97 Å². The minimum Gasteiger partial charge on any atom is -0.454 e. The van der Waals surface area contributed by atoms with Gasteiger partial charge in [-0.3, -0.25) is 4.79 Å². The molecule has 3 aromatic carbocycles. The molecule has 28 heavy (non-hydrogen) atoms. The minimum atomic E-state index is -0.543. The number of carbonyl (C=O) groups is 2. The summed E-state index contributed by atoms with van der Waals surface area (Å²) >= 11 is 3.33. The molecular weight excluding hydrogens is 418 g/mol. The number of benzene rings is 3. The molecule has 1 N–H and O–H groups in total. The summed E-state index contributed by atoms with van der Waals surface area (Å²) in [6, 6.07) is 20.0. The van der Waals surface area contributed by atoms with Crippen molar-refractivity contribution in [2.24, 2.45) is 0 Å². The number of para-hydroxylation sites is 1. The lowest BCUT2D eigenvalue weighted by Crippen LogP contribution is -2.15. The van der Waals surface area contributed by atoms with Crippen LogP contribution in [0.15, 0.2) is 71.2 Å². The van der Waals surface area contributed by atoms with E-state index in [1.807, 2.05) is 44.2 Å². The van der Waals surface area contributed by atoms with Gasteiger partial charge in [-0.25, -0.2) is 4.79 Å². The smallest absolute Gasteiger partial charge is 0.340 e. The fourth-order valence-corrected chi connectivity index (χ4v) is 2.99. The van der Waals surface area contributed by atoms with Gasteiger partial charge in [-0.2, -0.15) is 0 Å². The van der Waals surface area contributed by atoms with Crippen LogP contribution in [0.1, 0.15) is 31.8 Å². The first-order valence-electron chi connectivity index (χ1n) is 8.84. The van der Waals surface area contributed by atoms with Crippen LogP contribution in [-0.4, -0.2) is 18.4 Å². The van der Waals surface area contributed by atoms with Gasteiger partial charge in [0, 0.05) is 15.7 Å². The Labute approximate surface area is 172 Å². The number of anilines is 2. The van der Waals surface area contributed by atoms with E-state index in [1.165, 1.54) is 0 Å². The first-order chi connectivity index (χ1) is 13.5. The van der Waals surface area contributed by atoms with Gasteiger partial charge in [-0.15, -0.1) is 0 Å². The third-order valence-corrected chi connectivity index (χ3v) is 5.05. The number of ether oxygens (including phenoxy) is 1. The van der Waals surface area contributed by atoms with Crippen molar-refractivity contribution in [2.75, 3.05) is 11.9 Å². The molecule has 0 fully saturated rings. The van der Waals surface area contributed by atoms with Crippen molar-refractivity contribution in [3.05, 3.63) is 93.5 Å². The molecule has 142 valence electrons. The van der Waals surface area contributed by atoms with Gasteiger partial charge in [-0.1, -0.05) is 52.3 Å². The molecular formula is C23H20BrNO3. The highest BCUT2D eigenvalue weighted by Gasteiger charge is 2.16. The molecule has 0 unspecified atom stereocenters. The van der Waals surface area contributed by atoms with Gasteiger partial charge >= 0.3 is 5.97 Å². The second kappa shape index (κ2) is 8.85. The lowest BCUT2D eigenvalue weighted by molar-refractivity contribution is 0.0475. The summed E-state index contributed by atoms with van der Waals surface area (Å²) < 4.78 is 6.15. The summed E-state index contributed by atoms with van der Waals surface area (Å²) in [6.07, 6.45) is 0. The van der Waals surface area contributed by atoms with E-state index in [1.54, 1.807) is 36.4 Å². The number of hydrogen-bond donors (Lipinski definition) is 1. The number of aryl methyl sites for hydroxylation is 1. The van der Waals surface area contributed by atoms with Crippen LogP contribution in [0.5, 0.6) is 0 Å². The molecule has 3 rings (SSSR count). The summed E-state index contributed by atoms with van der Waals surface area (Å²) in [5, 5.41) is 3.30. The summed E-state index contributed by atoms with van der Waals surface area (Å²) in [7, 11) is 0. The molecule has 0 amide bonds. The molecule has 4 nitrogen and oxygen atoms in total. The molecule has 5 heteroatoms. The maximum Gasteiger partial charge on any atom is 0.340 e. The molecule has 0 aliphatic rings. The Hall–Kier alpha value is -2.92. The third kappa shape index (κ3) is 4.67. The lowest BCUT2D eigenvalue weighted by atomic mass is 10.1. The summed E-state index contributed by atoms with van der Waals surface area (Å²) in [5.41, 5.74) is 4.70. The molecule has 0 radical (unpaired) electrons. The Morgan fingerprint density at radius 1 is 0.893 bits per heavy atom. The van der Waals surface area contributed by atoms with Crippen LogP contribution in [0.3, 0.4) is 0 Å². The fourth-order valence-electron chi connectivity index (χ4n) is 2.73. The average Bonchev–Trinajstić information content (AvgIpc) is 2.70. The van der Waals surface area contributed by atoms with E-state index in [0.717, 1.165) is 21.3 Å². The molecule has 0 heterocycles. The number of rotatable bonds is 6. The fraction of sp³-hybridized carbons (Fsp3) is 0.130. The quantitative estimate of drug-likeness (QED) is 0.388. The van der Waals surface area contributed by atoms with E-state index in [2.05, 4.69) is 21.2 Å². The monoisotopic (exact) mass is 437 g/mol. The van der Waals surface area contributed by atoms with Gasteiger partial charge in [-0.05, 0) is 55.3 Å². The molecule has 0 atom stereocenters. The number of Topliss-reactive ketones (excluding diaryl/α,β-unsaturated/α-hetero) is 1. The van der Waals surface area contributed by atoms with Crippen molar-refractivity contribution in [2.45, 2.75) is 13.8 Å². The predicted molar refractivity (Wildman–Crippen MR) is 114 cm³/mol. The molecule has 0 saturated carbocycles. The van der Waals surface area contributed by atoms with Crippen LogP contribution < -0.4 is 5.32 Å². The third-order valence-electron chi connectivity index (χ3n) is 4.52. The van der Waals surface area contributed by atoms with Crippen LogP contribution >= 0.6 is 15.9 Å². The molecule has 0 aliphatic heterocycles. The van der Waals surface area contributed by atoms with Gasteiger partial charge in [0.1, 0.15) is 0 Å². The largest absolute Gasteiger partial charge is 0.454 e. The van der Waals surface area contributed by atoms with Crippen molar-refractivity contribution >= 4 is 39.1 Å². The minimum absolute atomic E-state index is 0.249. The zero-order valence-corrected chi connectivity index (χ0v) is 17.2. The highest BCUT2D eigenvalue weighted by molar-refractivity contribution is 9.10. The highest BCUT2D eigenvalue weighted by Crippen LogP contribution is 2.25. The van der Waals surface area contributed by atoms with E-state index in [9.17, 15) is 9.59 Å². The zero-order chi connectivity index (χ0) is 20.1. The van der Waals surface area contributed by atoms with Gasteiger partial charge in [0.25, 0.3) is 0 Å². The van der Waals surface area contributed by atoms with Gasteiger partial charge in [0.2, 0.25) is 0 Å². The topological polar surface area (TPSA) is 55.4 Å². The molecule has 0 aliphatic carbocycles. The van der Waals surface area contributed by atoms with Crippen LogP contribution in [0.2, 0.25) is 0 Å². The number of carbonyl (C=O) groups excluding carboxylic acids is 2. The Kier molecular flexibility index (Phi) is 6.26. The van der Waals surface area contributed by atoms with Crippen molar-refractivity contribution in [3.8, 4) is 0 Å². The van der Waals surface area contributed by atoms with Gasteiger partial charge in [0.05, 0.1) is 11.3 Å². The van der Waals surface area contributed by atoms with Crippen molar-refractivity contribution < 1.29 is 14.3 Å². The Balaban J connectivity index is 1.73. The maximum absolute atomic E-state index is 12.6. The molecule has 0 saturated heterocycles. The summed E-state index contributed by atoms with van der Waals surface area (Å²) in [5.74, 6) is -0.792. The van der Waals surface area contributed by atoms with Crippen LogP contribution in [0.4, 0.5) is 11.4 Å². The molecule has 0 bridgehead atoms. The second-order valence-corrected chi connectivity index (χ2v) is 7.34. The first kappa shape index (κ1) is 19.8. The SMILES string of the molecule is Cc1cccc(Nc2ccccc2C(=O)OCC(=O)c2ccc(Br)cc2)c1C. The van der Waals surface area contributed by atoms with Crippen LogP contribution in [0.25, 0.3) is 0 Å². The van der Waals surface area contributed by atoms with Crippen molar-refractivity contribution in [1.82, 2.24) is 0 Å². The zero-order valence-electron chi connectivity index (χ0n) is 15.7. The second-order valence-electron chi connectivity index (χ2n) is 6.42. The Morgan fingerprint density at radius 3 is 2.32 bits per heavy atom. The normalized spacial score (nSPS) is 10.4. The molecule has 0 aromatic heterocycles. The van der Waals surface area contributed by atoms with Crippen molar-refractivity contribution in [1.29, 1.82) is 0 Å². The molecule has 3 aromatic rings.